The molecule has 1 heterocycles. The largest absolute Gasteiger partial charge is 0.494 e. The van der Waals surface area contributed by atoms with Crippen molar-refractivity contribution >= 4 is 11.8 Å². The van der Waals surface area contributed by atoms with Gasteiger partial charge < -0.3 is 24.6 Å². The highest BCUT2D eigenvalue weighted by Gasteiger charge is 2.38. The Morgan fingerprint density at radius 2 is 1.67 bits per heavy atom. The number of nitrogens with one attached hydrogen (secondary N) is 1. The second-order valence-corrected chi connectivity index (χ2v) is 11.4. The van der Waals surface area contributed by atoms with Crippen molar-refractivity contribution < 1.29 is 28.9 Å². The van der Waals surface area contributed by atoms with Gasteiger partial charge >= 0.3 is 5.97 Å². The number of Topliss-reactive ketones (excluding diaryl/α,β-unsaturated/α-hetero) is 1. The molecule has 0 amide bonds. The summed E-state index contributed by atoms with van der Waals surface area (Å²) in [7, 11) is 0. The Morgan fingerprint density at radius 1 is 1.00 bits per heavy atom. The Labute approximate surface area is 252 Å². The van der Waals surface area contributed by atoms with Crippen LogP contribution in [-0.2, 0) is 16.0 Å². The summed E-state index contributed by atoms with van der Waals surface area (Å²) in [5.74, 6) is 0.856. The smallest absolute Gasteiger partial charge is 0.348 e. The second-order valence-electron chi connectivity index (χ2n) is 11.4. The molecule has 3 unspecified atom stereocenters. The van der Waals surface area contributed by atoms with Crippen LogP contribution in [0.15, 0.2) is 109 Å². The van der Waals surface area contributed by atoms with Crippen LogP contribution in [0.3, 0.4) is 0 Å². The lowest BCUT2D eigenvalue weighted by Crippen LogP contribution is -2.44. The molecule has 8 heteroatoms. The first kappa shape index (κ1) is 30.1. The van der Waals surface area contributed by atoms with E-state index in [0.29, 0.717) is 31.3 Å². The Hall–Kier alpha value is -4.40. The third kappa shape index (κ3) is 7.71. The van der Waals surface area contributed by atoms with Crippen molar-refractivity contribution in [1.82, 2.24) is 10.2 Å². The fourth-order valence-corrected chi connectivity index (χ4v) is 5.33. The Balaban J connectivity index is 1.07. The molecule has 0 radical (unpaired) electrons. The molecule has 2 aliphatic rings. The van der Waals surface area contributed by atoms with Gasteiger partial charge in [0.25, 0.3) is 0 Å². The SMILES string of the molecule is CC1(Oc2ccccc2)C=CC=C(CN2CNC(CCOc3ccc(CC(C)(Oc4ccccc4)C(=O)O)cc3)C2)C1=O. The van der Waals surface area contributed by atoms with Gasteiger partial charge in [0.15, 0.2) is 5.60 Å². The lowest BCUT2D eigenvalue weighted by molar-refractivity contribution is -0.153. The summed E-state index contributed by atoms with van der Waals surface area (Å²) in [4.78, 5) is 27.6. The number of rotatable bonds is 13. The summed E-state index contributed by atoms with van der Waals surface area (Å²) in [6.07, 6.45) is 6.61. The van der Waals surface area contributed by atoms with E-state index in [2.05, 4.69) is 10.2 Å². The molecule has 2 N–H and O–H groups in total. The number of hydrogen-bond donors (Lipinski definition) is 2. The van der Waals surface area contributed by atoms with Gasteiger partial charge in [0.2, 0.25) is 11.4 Å². The number of aliphatic carboxylic acids is 1. The maximum absolute atomic E-state index is 13.3. The van der Waals surface area contributed by atoms with E-state index in [1.54, 1.807) is 19.1 Å². The minimum absolute atomic E-state index is 0.0237. The highest BCUT2D eigenvalue weighted by Crippen LogP contribution is 2.27. The minimum Gasteiger partial charge on any atom is -0.494 e. The van der Waals surface area contributed by atoms with Crippen molar-refractivity contribution in [3.8, 4) is 17.2 Å². The molecule has 3 aromatic carbocycles. The topological polar surface area (TPSA) is 97.3 Å². The predicted octanol–water partition coefficient (Wildman–Crippen LogP) is 5.05. The van der Waals surface area contributed by atoms with Crippen LogP contribution in [0.25, 0.3) is 0 Å². The van der Waals surface area contributed by atoms with Crippen molar-refractivity contribution in [1.29, 1.82) is 0 Å². The summed E-state index contributed by atoms with van der Waals surface area (Å²) in [5, 5.41) is 13.4. The quantitative estimate of drug-likeness (QED) is 0.289. The molecule has 0 aromatic heterocycles. The molecule has 8 nitrogen and oxygen atoms in total. The summed E-state index contributed by atoms with van der Waals surface area (Å²) in [5.41, 5.74) is -0.852. The molecule has 0 spiro atoms. The molecule has 224 valence electrons. The van der Waals surface area contributed by atoms with Gasteiger partial charge in [-0.3, -0.25) is 9.69 Å². The normalized spacial score (nSPS) is 21.6. The number of carbonyl (C=O) groups is 2. The molecule has 0 saturated carbocycles. The van der Waals surface area contributed by atoms with Crippen LogP contribution in [0.4, 0.5) is 0 Å². The van der Waals surface area contributed by atoms with Gasteiger partial charge in [0.1, 0.15) is 17.2 Å². The number of ether oxygens (including phenoxy) is 3. The van der Waals surface area contributed by atoms with E-state index in [1.165, 1.54) is 0 Å². The van der Waals surface area contributed by atoms with Gasteiger partial charge in [-0.15, -0.1) is 0 Å². The van der Waals surface area contributed by atoms with E-state index in [9.17, 15) is 14.7 Å². The fourth-order valence-electron chi connectivity index (χ4n) is 5.33. The third-order valence-electron chi connectivity index (χ3n) is 7.74. The van der Waals surface area contributed by atoms with Gasteiger partial charge in [-0.05, 0) is 68.3 Å². The number of carboxylic acid groups (broad SMARTS) is 1. The molecule has 0 bridgehead atoms. The van der Waals surface area contributed by atoms with E-state index < -0.39 is 17.2 Å². The third-order valence-corrected chi connectivity index (χ3v) is 7.74. The average molecular weight is 583 g/mol. The summed E-state index contributed by atoms with van der Waals surface area (Å²) in [6.45, 7) is 5.97. The molecule has 5 rings (SSSR count). The van der Waals surface area contributed by atoms with Crippen LogP contribution in [0.1, 0.15) is 25.8 Å². The first-order valence-electron chi connectivity index (χ1n) is 14.5. The molecule has 43 heavy (non-hydrogen) atoms. The van der Waals surface area contributed by atoms with Crippen molar-refractivity contribution in [3.05, 3.63) is 114 Å². The first-order chi connectivity index (χ1) is 20.7. The zero-order chi connectivity index (χ0) is 30.3. The molecule has 3 aromatic rings. The molecular weight excluding hydrogens is 544 g/mol. The fraction of sp³-hybridized carbons (Fsp3) is 0.314. The van der Waals surface area contributed by atoms with Gasteiger partial charge in [0.05, 0.1) is 6.61 Å². The highest BCUT2D eigenvalue weighted by molar-refractivity contribution is 6.05. The maximum Gasteiger partial charge on any atom is 0.348 e. The number of para-hydroxylation sites is 2. The molecule has 3 atom stereocenters. The van der Waals surface area contributed by atoms with E-state index in [4.69, 9.17) is 14.2 Å². The highest BCUT2D eigenvalue weighted by atomic mass is 16.5. The Bertz CT molecular complexity index is 1460. The van der Waals surface area contributed by atoms with Crippen LogP contribution in [0.5, 0.6) is 17.2 Å². The second kappa shape index (κ2) is 13.3. The van der Waals surface area contributed by atoms with Gasteiger partial charge in [-0.1, -0.05) is 60.7 Å². The van der Waals surface area contributed by atoms with Crippen molar-refractivity contribution in [2.24, 2.45) is 0 Å². The van der Waals surface area contributed by atoms with Crippen LogP contribution in [0.2, 0.25) is 0 Å². The average Bonchev–Trinajstić information content (AvgIpc) is 3.44. The molecule has 1 saturated heterocycles. The van der Waals surface area contributed by atoms with Gasteiger partial charge in [-0.2, -0.15) is 0 Å². The molecular formula is C35H38N2O6. The summed E-state index contributed by atoms with van der Waals surface area (Å²) >= 11 is 0. The van der Waals surface area contributed by atoms with E-state index in [0.717, 1.165) is 29.9 Å². The van der Waals surface area contributed by atoms with Crippen LogP contribution >= 0.6 is 0 Å². The van der Waals surface area contributed by atoms with E-state index in [-0.39, 0.29) is 18.2 Å². The Kier molecular flexibility index (Phi) is 9.28. The summed E-state index contributed by atoms with van der Waals surface area (Å²) in [6, 6.07) is 26.1. The number of benzene rings is 3. The predicted molar refractivity (Wildman–Crippen MR) is 164 cm³/mol. The lowest BCUT2D eigenvalue weighted by atomic mass is 9.89. The number of nitrogens with zero attached hydrogens (tertiary/aromatic N) is 1. The zero-order valence-electron chi connectivity index (χ0n) is 24.6. The standard InChI is InChI=1S/C35H38N2O6/c1-34(42-30-11-5-3-6-12-30)20-9-10-27(32(34)38)23-37-24-28(36-25-37)19-21-41-29-17-15-26(16-18-29)22-35(2,33(39)40)43-31-13-7-4-8-14-31/h3-18,20,28,36H,19,21-25H2,1-2H3,(H,39,40). The number of carboxylic acids is 1. The molecule has 1 aliphatic heterocycles. The minimum atomic E-state index is -1.40. The maximum atomic E-state index is 13.3. The molecule has 1 aliphatic carbocycles. The summed E-state index contributed by atoms with van der Waals surface area (Å²) < 4.78 is 17.9. The van der Waals surface area contributed by atoms with E-state index >= 15 is 0 Å². The van der Waals surface area contributed by atoms with Crippen molar-refractivity contribution in [3.63, 3.8) is 0 Å². The van der Waals surface area contributed by atoms with Crippen molar-refractivity contribution in [2.45, 2.75) is 43.9 Å². The first-order valence-corrected chi connectivity index (χ1v) is 14.5. The number of allylic oxidation sites excluding steroid dienone is 2. The molecule has 1 fully saturated rings. The van der Waals surface area contributed by atoms with E-state index in [1.807, 2.05) is 97.9 Å². The number of hydrogen-bond acceptors (Lipinski definition) is 7. The lowest BCUT2D eigenvalue weighted by Gasteiger charge is -2.30. The van der Waals surface area contributed by atoms with Gasteiger partial charge in [-0.25, -0.2) is 4.79 Å². The zero-order valence-corrected chi connectivity index (χ0v) is 24.6. The van der Waals surface area contributed by atoms with Crippen LogP contribution in [-0.4, -0.2) is 65.4 Å². The number of carbonyl (C=O) groups excluding carboxylic acids is 1. The van der Waals surface area contributed by atoms with Gasteiger partial charge in [0, 0.05) is 37.8 Å². The van der Waals surface area contributed by atoms with Crippen molar-refractivity contribution in [2.75, 3.05) is 26.4 Å². The monoisotopic (exact) mass is 582 g/mol. The number of ketones is 1. The van der Waals surface area contributed by atoms with Crippen LogP contribution < -0.4 is 19.5 Å². The van der Waals surface area contributed by atoms with Crippen LogP contribution in [0, 0.1) is 0 Å². The Morgan fingerprint density at radius 3 is 2.35 bits per heavy atom.